The lowest BCUT2D eigenvalue weighted by molar-refractivity contribution is -0.125. The van der Waals surface area contributed by atoms with Gasteiger partial charge in [-0.3, -0.25) is 4.79 Å². The van der Waals surface area contributed by atoms with Gasteiger partial charge in [0, 0.05) is 18.5 Å². The van der Waals surface area contributed by atoms with Crippen molar-refractivity contribution in [1.29, 1.82) is 0 Å². The minimum Gasteiger partial charge on any atom is -0.356 e. The Balaban J connectivity index is 2.07. The number of nitrogens with one attached hydrogen (secondary N) is 1. The third kappa shape index (κ3) is 5.17. The van der Waals surface area contributed by atoms with Crippen LogP contribution in [0.2, 0.25) is 0 Å². The number of hydrogen-bond acceptors (Lipinski definition) is 2. The van der Waals surface area contributed by atoms with Crippen molar-refractivity contribution < 1.29 is 4.79 Å². The molecule has 0 heterocycles. The van der Waals surface area contributed by atoms with Crippen molar-refractivity contribution in [2.24, 2.45) is 11.7 Å². The van der Waals surface area contributed by atoms with Crippen molar-refractivity contribution in [1.82, 2.24) is 5.32 Å². The second kappa shape index (κ2) is 6.83. The van der Waals surface area contributed by atoms with Crippen LogP contribution in [0, 0.1) is 5.92 Å². The van der Waals surface area contributed by atoms with Gasteiger partial charge >= 0.3 is 0 Å². The molecule has 1 amide bonds. The van der Waals surface area contributed by atoms with E-state index in [4.69, 9.17) is 5.73 Å². The molecule has 1 saturated carbocycles. The van der Waals surface area contributed by atoms with E-state index in [1.807, 2.05) is 6.92 Å². The van der Waals surface area contributed by atoms with Crippen LogP contribution in [0.15, 0.2) is 0 Å². The molecule has 3 nitrogen and oxygen atoms in total. The summed E-state index contributed by atoms with van der Waals surface area (Å²) in [6.07, 6.45) is 7.89. The highest BCUT2D eigenvalue weighted by atomic mass is 16.1. The maximum Gasteiger partial charge on any atom is 0.223 e. The van der Waals surface area contributed by atoms with Gasteiger partial charge in [0.25, 0.3) is 0 Å². The molecule has 1 unspecified atom stereocenters. The molecule has 1 aliphatic rings. The molecule has 3 N–H and O–H groups in total. The summed E-state index contributed by atoms with van der Waals surface area (Å²) in [6, 6.07) is 0.247. The molecular formula is C12H24N2O. The van der Waals surface area contributed by atoms with E-state index in [-0.39, 0.29) is 17.9 Å². The van der Waals surface area contributed by atoms with Crippen LogP contribution in [0.1, 0.15) is 51.9 Å². The zero-order chi connectivity index (χ0) is 11.1. The summed E-state index contributed by atoms with van der Waals surface area (Å²) in [6.45, 7) is 2.79. The lowest BCUT2D eigenvalue weighted by Crippen LogP contribution is -2.33. The van der Waals surface area contributed by atoms with Crippen molar-refractivity contribution in [2.75, 3.05) is 6.54 Å². The van der Waals surface area contributed by atoms with Gasteiger partial charge < -0.3 is 11.1 Å². The minimum atomic E-state index is 0.247. The first-order chi connectivity index (χ1) is 7.20. The number of carbonyl (C=O) groups is 1. The van der Waals surface area contributed by atoms with Crippen molar-refractivity contribution >= 4 is 5.91 Å². The molecule has 0 aromatic heterocycles. The van der Waals surface area contributed by atoms with Crippen LogP contribution >= 0.6 is 0 Å². The normalized spacial score (nSPS) is 19.9. The Morgan fingerprint density at radius 1 is 1.40 bits per heavy atom. The van der Waals surface area contributed by atoms with Gasteiger partial charge in [0.15, 0.2) is 0 Å². The Labute approximate surface area is 92.8 Å². The van der Waals surface area contributed by atoms with Crippen LogP contribution in [-0.2, 0) is 4.79 Å². The first-order valence-corrected chi connectivity index (χ1v) is 6.23. The van der Waals surface area contributed by atoms with E-state index in [1.165, 1.54) is 19.3 Å². The quantitative estimate of drug-likeness (QED) is 0.683. The predicted octanol–water partition coefficient (Wildman–Crippen LogP) is 1.81. The van der Waals surface area contributed by atoms with Crippen molar-refractivity contribution in [2.45, 2.75) is 57.9 Å². The van der Waals surface area contributed by atoms with Gasteiger partial charge in [-0.15, -0.1) is 0 Å². The largest absolute Gasteiger partial charge is 0.356 e. The Bertz CT molecular complexity index is 186. The Morgan fingerprint density at radius 3 is 2.67 bits per heavy atom. The third-order valence-corrected chi connectivity index (χ3v) is 3.11. The molecule has 0 bridgehead atoms. The van der Waals surface area contributed by atoms with E-state index in [0.29, 0.717) is 0 Å². The molecule has 1 fully saturated rings. The van der Waals surface area contributed by atoms with Crippen molar-refractivity contribution in [3.63, 3.8) is 0 Å². The molecule has 1 aliphatic carbocycles. The van der Waals surface area contributed by atoms with E-state index in [0.717, 1.165) is 32.2 Å². The highest BCUT2D eigenvalue weighted by Gasteiger charge is 2.20. The topological polar surface area (TPSA) is 55.1 Å². The number of carbonyl (C=O) groups excluding carboxylic acids is 1. The van der Waals surface area contributed by atoms with Gasteiger partial charge in [0.1, 0.15) is 0 Å². The summed E-state index contributed by atoms with van der Waals surface area (Å²) in [7, 11) is 0. The fourth-order valence-corrected chi connectivity index (χ4v) is 2.14. The monoisotopic (exact) mass is 212 g/mol. The molecule has 0 spiro atoms. The summed E-state index contributed by atoms with van der Waals surface area (Å²) in [4.78, 5) is 11.7. The maximum atomic E-state index is 11.7. The molecule has 3 heteroatoms. The predicted molar refractivity (Wildman–Crippen MR) is 62.5 cm³/mol. The molecule has 0 aliphatic heterocycles. The smallest absolute Gasteiger partial charge is 0.223 e. The fourth-order valence-electron chi connectivity index (χ4n) is 2.14. The number of amides is 1. The summed E-state index contributed by atoms with van der Waals surface area (Å²) < 4.78 is 0. The van der Waals surface area contributed by atoms with Crippen LogP contribution < -0.4 is 11.1 Å². The van der Waals surface area contributed by atoms with E-state index >= 15 is 0 Å². The van der Waals surface area contributed by atoms with E-state index in [1.54, 1.807) is 0 Å². The SMILES string of the molecule is CC(N)CCCNC(=O)C1CCCCC1. The van der Waals surface area contributed by atoms with E-state index in [9.17, 15) is 4.79 Å². The average molecular weight is 212 g/mol. The van der Waals surface area contributed by atoms with Crippen LogP contribution in [0.4, 0.5) is 0 Å². The van der Waals surface area contributed by atoms with Crippen LogP contribution in [-0.4, -0.2) is 18.5 Å². The highest BCUT2D eigenvalue weighted by molar-refractivity contribution is 5.78. The second-order valence-corrected chi connectivity index (χ2v) is 4.75. The minimum absolute atomic E-state index is 0.247. The van der Waals surface area contributed by atoms with Gasteiger partial charge in [-0.05, 0) is 32.6 Å². The zero-order valence-electron chi connectivity index (χ0n) is 9.80. The summed E-state index contributed by atoms with van der Waals surface area (Å²) >= 11 is 0. The molecule has 88 valence electrons. The van der Waals surface area contributed by atoms with E-state index in [2.05, 4.69) is 5.32 Å². The molecule has 15 heavy (non-hydrogen) atoms. The van der Waals surface area contributed by atoms with Gasteiger partial charge in [-0.25, -0.2) is 0 Å². The number of nitrogens with two attached hydrogens (primary N) is 1. The first-order valence-electron chi connectivity index (χ1n) is 6.23. The van der Waals surface area contributed by atoms with Gasteiger partial charge in [-0.2, -0.15) is 0 Å². The first kappa shape index (κ1) is 12.5. The summed E-state index contributed by atoms with van der Waals surface area (Å²) in [5.74, 6) is 0.549. The van der Waals surface area contributed by atoms with E-state index < -0.39 is 0 Å². The second-order valence-electron chi connectivity index (χ2n) is 4.75. The molecule has 0 radical (unpaired) electrons. The zero-order valence-corrected chi connectivity index (χ0v) is 9.80. The van der Waals surface area contributed by atoms with Crippen molar-refractivity contribution in [3.8, 4) is 0 Å². The van der Waals surface area contributed by atoms with Gasteiger partial charge in [0.2, 0.25) is 5.91 Å². The summed E-state index contributed by atoms with van der Waals surface area (Å²) in [5.41, 5.74) is 5.64. The van der Waals surface area contributed by atoms with Crippen LogP contribution in [0.3, 0.4) is 0 Å². The Hall–Kier alpha value is -0.570. The Morgan fingerprint density at radius 2 is 2.07 bits per heavy atom. The fraction of sp³-hybridized carbons (Fsp3) is 0.917. The lowest BCUT2D eigenvalue weighted by Gasteiger charge is -2.20. The third-order valence-electron chi connectivity index (χ3n) is 3.11. The lowest BCUT2D eigenvalue weighted by atomic mass is 9.88. The molecule has 0 aromatic carbocycles. The van der Waals surface area contributed by atoms with Crippen LogP contribution in [0.25, 0.3) is 0 Å². The molecule has 1 rings (SSSR count). The molecule has 0 saturated heterocycles. The summed E-state index contributed by atoms with van der Waals surface area (Å²) in [5, 5.41) is 3.01. The standard InChI is InChI=1S/C12H24N2O/c1-10(13)6-5-9-14-12(15)11-7-3-2-4-8-11/h10-11H,2-9,13H2,1H3,(H,14,15). The Kier molecular flexibility index (Phi) is 5.69. The highest BCUT2D eigenvalue weighted by Crippen LogP contribution is 2.23. The molecular weight excluding hydrogens is 188 g/mol. The molecule has 1 atom stereocenters. The van der Waals surface area contributed by atoms with Gasteiger partial charge in [-0.1, -0.05) is 19.3 Å². The number of hydrogen-bond donors (Lipinski definition) is 2. The van der Waals surface area contributed by atoms with Crippen molar-refractivity contribution in [3.05, 3.63) is 0 Å². The molecule has 0 aromatic rings. The number of rotatable bonds is 5. The average Bonchev–Trinajstić information content (AvgIpc) is 2.25. The van der Waals surface area contributed by atoms with Gasteiger partial charge in [0.05, 0.1) is 0 Å². The maximum absolute atomic E-state index is 11.7. The van der Waals surface area contributed by atoms with Crippen LogP contribution in [0.5, 0.6) is 0 Å².